The van der Waals surface area contributed by atoms with Gasteiger partial charge >= 0.3 is 0 Å². The van der Waals surface area contributed by atoms with Gasteiger partial charge in [-0.3, -0.25) is 4.79 Å². The molecule has 0 radical (unpaired) electrons. The summed E-state index contributed by atoms with van der Waals surface area (Å²) >= 11 is 0. The summed E-state index contributed by atoms with van der Waals surface area (Å²) in [6, 6.07) is 9.18. The van der Waals surface area contributed by atoms with Crippen LogP contribution >= 0.6 is 0 Å². The molecular formula is C12H11NO2. The average molecular weight is 201 g/mol. The second-order valence-corrected chi connectivity index (χ2v) is 3.58. The molecule has 1 aliphatic rings. The van der Waals surface area contributed by atoms with Gasteiger partial charge in [-0.05, 0) is 17.7 Å². The van der Waals surface area contributed by atoms with Gasteiger partial charge in [0, 0.05) is 6.42 Å². The summed E-state index contributed by atoms with van der Waals surface area (Å²) < 4.78 is 5.28. The lowest BCUT2D eigenvalue weighted by molar-refractivity contribution is -0.126. The van der Waals surface area contributed by atoms with E-state index in [0.29, 0.717) is 25.2 Å². The molecule has 0 aliphatic carbocycles. The maximum Gasteiger partial charge on any atom is 0.144 e. The minimum absolute atomic E-state index is 0.147. The molecule has 0 saturated carbocycles. The van der Waals surface area contributed by atoms with Crippen molar-refractivity contribution in [1.29, 1.82) is 5.26 Å². The zero-order valence-corrected chi connectivity index (χ0v) is 8.27. The number of ether oxygens (including phenoxy) is 1. The fraction of sp³-hybridized carbons (Fsp3) is 0.333. The van der Waals surface area contributed by atoms with Crippen molar-refractivity contribution in [2.75, 3.05) is 13.2 Å². The summed E-state index contributed by atoms with van der Waals surface area (Å²) in [4.78, 5) is 11.6. The fourth-order valence-corrected chi connectivity index (χ4v) is 1.71. The summed E-state index contributed by atoms with van der Waals surface area (Å²) in [5.41, 5.74) is 1.56. The Labute approximate surface area is 88.3 Å². The van der Waals surface area contributed by atoms with Crippen LogP contribution in [0.3, 0.4) is 0 Å². The highest BCUT2D eigenvalue weighted by Gasteiger charge is 2.24. The molecule has 1 aromatic rings. The van der Waals surface area contributed by atoms with Gasteiger partial charge < -0.3 is 4.74 Å². The maximum atomic E-state index is 11.6. The quantitative estimate of drug-likeness (QED) is 0.693. The van der Waals surface area contributed by atoms with E-state index in [4.69, 9.17) is 10.00 Å². The Kier molecular flexibility index (Phi) is 2.79. The van der Waals surface area contributed by atoms with Crippen LogP contribution in [0.15, 0.2) is 24.3 Å². The van der Waals surface area contributed by atoms with Gasteiger partial charge in [0.1, 0.15) is 5.78 Å². The van der Waals surface area contributed by atoms with Crippen molar-refractivity contribution >= 4 is 5.78 Å². The van der Waals surface area contributed by atoms with Gasteiger partial charge in [0.25, 0.3) is 0 Å². The molecule has 76 valence electrons. The lowest BCUT2D eigenvalue weighted by atomic mass is 9.92. The third-order valence-electron chi connectivity index (χ3n) is 2.61. The summed E-state index contributed by atoms with van der Waals surface area (Å²) in [5.74, 6) is 0.0810. The monoisotopic (exact) mass is 201 g/mol. The van der Waals surface area contributed by atoms with Gasteiger partial charge in [0.15, 0.2) is 0 Å². The van der Waals surface area contributed by atoms with Crippen LogP contribution < -0.4 is 0 Å². The number of hydrogen-bond donors (Lipinski definition) is 0. The predicted octanol–water partition coefficient (Wildman–Crippen LogP) is 1.63. The summed E-state index contributed by atoms with van der Waals surface area (Å²) in [6.07, 6.45) is 0.491. The molecule has 1 aromatic carbocycles. The van der Waals surface area contributed by atoms with E-state index in [-0.39, 0.29) is 11.7 Å². The lowest BCUT2D eigenvalue weighted by Crippen LogP contribution is -2.25. The first-order valence-corrected chi connectivity index (χ1v) is 4.92. The second kappa shape index (κ2) is 4.24. The second-order valence-electron chi connectivity index (χ2n) is 3.58. The van der Waals surface area contributed by atoms with Gasteiger partial charge in [-0.2, -0.15) is 5.26 Å². The molecule has 0 bridgehead atoms. The van der Waals surface area contributed by atoms with Crippen LogP contribution in [-0.2, 0) is 9.53 Å². The van der Waals surface area contributed by atoms with Gasteiger partial charge in [-0.25, -0.2) is 0 Å². The smallest absolute Gasteiger partial charge is 0.144 e. The Bertz CT molecular complexity index is 403. The van der Waals surface area contributed by atoms with E-state index >= 15 is 0 Å². The predicted molar refractivity (Wildman–Crippen MR) is 54.3 cm³/mol. The van der Waals surface area contributed by atoms with Crippen LogP contribution in [0.2, 0.25) is 0 Å². The molecule has 2 rings (SSSR count). The normalized spacial score (nSPS) is 21.0. The number of Topliss-reactive ketones (excluding diaryl/α,β-unsaturated/α-hetero) is 1. The number of benzene rings is 1. The molecular weight excluding hydrogens is 190 g/mol. The first-order valence-electron chi connectivity index (χ1n) is 4.92. The molecule has 3 nitrogen and oxygen atoms in total. The summed E-state index contributed by atoms with van der Waals surface area (Å²) in [5, 5.41) is 8.65. The van der Waals surface area contributed by atoms with Crippen LogP contribution in [0, 0.1) is 11.3 Å². The lowest BCUT2D eigenvalue weighted by Gasteiger charge is -2.21. The number of ketones is 1. The highest BCUT2D eigenvalue weighted by molar-refractivity contribution is 5.86. The summed E-state index contributed by atoms with van der Waals surface area (Å²) in [7, 11) is 0. The molecule has 0 amide bonds. The molecule has 1 fully saturated rings. The summed E-state index contributed by atoms with van der Waals surface area (Å²) in [6.45, 7) is 0.996. The van der Waals surface area contributed by atoms with Gasteiger partial charge in [-0.1, -0.05) is 12.1 Å². The van der Waals surface area contributed by atoms with E-state index in [2.05, 4.69) is 6.07 Å². The molecule has 3 heteroatoms. The topological polar surface area (TPSA) is 50.1 Å². The van der Waals surface area contributed by atoms with Gasteiger partial charge in [0.2, 0.25) is 0 Å². The molecule has 1 saturated heterocycles. The molecule has 1 atom stereocenters. The molecule has 1 unspecified atom stereocenters. The number of nitriles is 1. The van der Waals surface area contributed by atoms with Crippen molar-refractivity contribution in [2.45, 2.75) is 12.3 Å². The molecule has 1 heterocycles. The molecule has 15 heavy (non-hydrogen) atoms. The van der Waals surface area contributed by atoms with E-state index < -0.39 is 0 Å². The van der Waals surface area contributed by atoms with E-state index in [9.17, 15) is 4.79 Å². The van der Waals surface area contributed by atoms with Crippen molar-refractivity contribution in [3.05, 3.63) is 35.4 Å². The highest BCUT2D eigenvalue weighted by Crippen LogP contribution is 2.22. The first kappa shape index (κ1) is 9.88. The highest BCUT2D eigenvalue weighted by atomic mass is 16.5. The van der Waals surface area contributed by atoms with Crippen LogP contribution in [-0.4, -0.2) is 19.0 Å². The average Bonchev–Trinajstić information content (AvgIpc) is 2.30. The number of rotatable bonds is 1. The Morgan fingerprint density at radius 1 is 1.33 bits per heavy atom. The standard InChI is InChI=1S/C12H11NO2/c13-7-9-1-3-10(4-2-9)11-8-15-6-5-12(11)14/h1-4,11H,5-6,8H2. The minimum Gasteiger partial charge on any atom is -0.380 e. The number of hydrogen-bond acceptors (Lipinski definition) is 3. The Morgan fingerprint density at radius 3 is 2.67 bits per heavy atom. The molecule has 0 aromatic heterocycles. The number of nitrogens with zero attached hydrogens (tertiary/aromatic N) is 1. The minimum atomic E-state index is -0.147. The third kappa shape index (κ3) is 2.05. The maximum absolute atomic E-state index is 11.6. The van der Waals surface area contributed by atoms with E-state index in [1.54, 1.807) is 12.1 Å². The van der Waals surface area contributed by atoms with Crippen molar-refractivity contribution in [2.24, 2.45) is 0 Å². The SMILES string of the molecule is N#Cc1ccc(C2COCCC2=O)cc1. The number of carbonyl (C=O) groups excluding carboxylic acids is 1. The first-order chi connectivity index (χ1) is 7.31. The van der Waals surface area contributed by atoms with Gasteiger partial charge in [0.05, 0.1) is 30.8 Å². The van der Waals surface area contributed by atoms with Crippen molar-refractivity contribution < 1.29 is 9.53 Å². The van der Waals surface area contributed by atoms with Crippen LogP contribution in [0.25, 0.3) is 0 Å². The molecule has 0 spiro atoms. The Morgan fingerprint density at radius 2 is 2.07 bits per heavy atom. The molecule has 0 N–H and O–H groups in total. The Balaban J connectivity index is 2.21. The Hall–Kier alpha value is -1.66. The zero-order valence-electron chi connectivity index (χ0n) is 8.27. The fourth-order valence-electron chi connectivity index (χ4n) is 1.71. The van der Waals surface area contributed by atoms with Crippen LogP contribution in [0.4, 0.5) is 0 Å². The van der Waals surface area contributed by atoms with Crippen LogP contribution in [0.5, 0.6) is 0 Å². The van der Waals surface area contributed by atoms with Crippen molar-refractivity contribution in [1.82, 2.24) is 0 Å². The third-order valence-corrected chi connectivity index (χ3v) is 2.61. The largest absolute Gasteiger partial charge is 0.380 e. The molecule has 1 aliphatic heterocycles. The van der Waals surface area contributed by atoms with Crippen LogP contribution in [0.1, 0.15) is 23.5 Å². The van der Waals surface area contributed by atoms with E-state index in [1.807, 2.05) is 12.1 Å². The van der Waals surface area contributed by atoms with Gasteiger partial charge in [-0.15, -0.1) is 0 Å². The van der Waals surface area contributed by atoms with Crippen molar-refractivity contribution in [3.8, 4) is 6.07 Å². The van der Waals surface area contributed by atoms with E-state index in [0.717, 1.165) is 5.56 Å². The van der Waals surface area contributed by atoms with E-state index in [1.165, 1.54) is 0 Å². The number of carbonyl (C=O) groups is 1. The van der Waals surface area contributed by atoms with Crippen molar-refractivity contribution in [3.63, 3.8) is 0 Å². The zero-order chi connectivity index (χ0) is 10.7.